The van der Waals surface area contributed by atoms with Gasteiger partial charge in [0.25, 0.3) is 0 Å². The summed E-state index contributed by atoms with van der Waals surface area (Å²) in [5, 5.41) is 0. The van der Waals surface area contributed by atoms with Crippen molar-refractivity contribution in [1.29, 1.82) is 0 Å². The molecule has 0 fully saturated rings. The second kappa shape index (κ2) is 4.48. The van der Waals surface area contributed by atoms with Crippen LogP contribution in [0.1, 0.15) is 38.7 Å². The average molecular weight is 296 g/mol. The van der Waals surface area contributed by atoms with Crippen LogP contribution in [-0.4, -0.2) is 19.0 Å². The first kappa shape index (κ1) is 13.6. The van der Waals surface area contributed by atoms with Gasteiger partial charge in [0.2, 0.25) is 0 Å². The van der Waals surface area contributed by atoms with Crippen LogP contribution in [0, 0.1) is 5.41 Å². The van der Waals surface area contributed by atoms with E-state index in [1.165, 1.54) is 16.7 Å². The second-order valence-electron chi connectivity index (χ2n) is 6.59. The van der Waals surface area contributed by atoms with E-state index < -0.39 is 0 Å². The summed E-state index contributed by atoms with van der Waals surface area (Å²) in [6, 6.07) is 6.01. The van der Waals surface area contributed by atoms with Gasteiger partial charge in [-0.05, 0) is 55.5 Å². The van der Waals surface area contributed by atoms with Gasteiger partial charge < -0.3 is 9.47 Å². The monoisotopic (exact) mass is 296 g/mol. The van der Waals surface area contributed by atoms with E-state index in [9.17, 15) is 4.79 Å². The van der Waals surface area contributed by atoms with Crippen LogP contribution in [0.5, 0.6) is 11.5 Å². The van der Waals surface area contributed by atoms with Crippen molar-refractivity contribution in [2.45, 2.75) is 39.2 Å². The Morgan fingerprint density at radius 1 is 1.36 bits per heavy atom. The number of carbonyl (C=O) groups is 1. The van der Waals surface area contributed by atoms with E-state index in [0.29, 0.717) is 12.2 Å². The number of hydrogen-bond donors (Lipinski definition) is 0. The third kappa shape index (κ3) is 1.65. The van der Waals surface area contributed by atoms with Crippen molar-refractivity contribution in [3.8, 4) is 11.5 Å². The summed E-state index contributed by atoms with van der Waals surface area (Å²) in [5.41, 5.74) is 4.62. The molecule has 0 spiro atoms. The summed E-state index contributed by atoms with van der Waals surface area (Å²) < 4.78 is 11.4. The first-order chi connectivity index (χ1) is 10.5. The second-order valence-corrected chi connectivity index (χ2v) is 6.59. The first-order valence-corrected chi connectivity index (χ1v) is 7.87. The smallest absolute Gasteiger partial charge is 0.146 e. The molecule has 1 heterocycles. The van der Waals surface area contributed by atoms with E-state index in [4.69, 9.17) is 9.47 Å². The lowest BCUT2D eigenvalue weighted by Gasteiger charge is -2.40. The van der Waals surface area contributed by atoms with E-state index in [1.807, 2.05) is 12.1 Å². The molecule has 0 radical (unpaired) electrons. The van der Waals surface area contributed by atoms with E-state index in [-0.39, 0.29) is 11.5 Å². The molecule has 0 bridgehead atoms. The highest BCUT2D eigenvalue weighted by Gasteiger charge is 2.47. The molecule has 3 heteroatoms. The van der Waals surface area contributed by atoms with Gasteiger partial charge in [-0.15, -0.1) is 0 Å². The van der Waals surface area contributed by atoms with Crippen LogP contribution in [0.15, 0.2) is 35.4 Å². The molecule has 0 saturated heterocycles. The minimum atomic E-state index is -0.305. The predicted molar refractivity (Wildman–Crippen MR) is 85.1 cm³/mol. The highest BCUT2D eigenvalue weighted by Crippen LogP contribution is 2.55. The molecule has 2 atom stereocenters. The fraction of sp³-hybridized carbons (Fsp3) is 0.421. The zero-order valence-corrected chi connectivity index (χ0v) is 13.2. The molecule has 0 saturated carbocycles. The van der Waals surface area contributed by atoms with Crippen molar-refractivity contribution in [2.24, 2.45) is 5.41 Å². The van der Waals surface area contributed by atoms with Crippen molar-refractivity contribution in [1.82, 2.24) is 0 Å². The molecule has 22 heavy (non-hydrogen) atoms. The van der Waals surface area contributed by atoms with Crippen molar-refractivity contribution in [3.63, 3.8) is 0 Å². The summed E-state index contributed by atoms with van der Waals surface area (Å²) in [4.78, 5) is 12.3. The summed E-state index contributed by atoms with van der Waals surface area (Å²) in [5.74, 6) is 2.05. The minimum absolute atomic E-state index is 0.0219. The van der Waals surface area contributed by atoms with Gasteiger partial charge in [-0.25, -0.2) is 0 Å². The van der Waals surface area contributed by atoms with E-state index in [0.717, 1.165) is 29.9 Å². The van der Waals surface area contributed by atoms with Crippen molar-refractivity contribution in [2.75, 3.05) is 7.11 Å². The molecular weight excluding hydrogens is 276 g/mol. The molecular formula is C19H20O3. The zero-order chi connectivity index (χ0) is 15.5. The van der Waals surface area contributed by atoms with Crippen LogP contribution in [0.2, 0.25) is 0 Å². The van der Waals surface area contributed by atoms with Gasteiger partial charge in [0, 0.05) is 18.1 Å². The Balaban J connectivity index is 1.89. The molecule has 4 rings (SSSR count). The van der Waals surface area contributed by atoms with Crippen molar-refractivity contribution in [3.05, 3.63) is 41.0 Å². The van der Waals surface area contributed by atoms with Crippen LogP contribution in [-0.2, 0) is 4.79 Å². The molecule has 1 aromatic carbocycles. The van der Waals surface area contributed by atoms with Gasteiger partial charge in [0.05, 0.1) is 12.5 Å². The fourth-order valence-corrected chi connectivity index (χ4v) is 4.12. The number of ether oxygens (including phenoxy) is 2. The Morgan fingerprint density at radius 2 is 2.18 bits per heavy atom. The number of rotatable bonds is 1. The highest BCUT2D eigenvalue weighted by atomic mass is 16.5. The molecule has 3 aliphatic rings. The van der Waals surface area contributed by atoms with Crippen LogP contribution in [0.25, 0.3) is 5.57 Å². The molecule has 0 aromatic heterocycles. The molecule has 1 aliphatic heterocycles. The molecule has 2 unspecified atom stereocenters. The molecule has 1 aromatic rings. The van der Waals surface area contributed by atoms with Crippen LogP contribution in [0.3, 0.4) is 0 Å². The van der Waals surface area contributed by atoms with Gasteiger partial charge in [-0.3, -0.25) is 4.79 Å². The summed E-state index contributed by atoms with van der Waals surface area (Å²) in [6.07, 6.45) is 4.48. The number of hydrogen-bond acceptors (Lipinski definition) is 3. The maximum atomic E-state index is 12.3. The lowest BCUT2D eigenvalue weighted by molar-refractivity contribution is -0.124. The summed E-state index contributed by atoms with van der Waals surface area (Å²) >= 11 is 0. The van der Waals surface area contributed by atoms with Crippen molar-refractivity contribution >= 4 is 11.4 Å². The van der Waals surface area contributed by atoms with E-state index in [1.54, 1.807) is 7.11 Å². The number of benzene rings is 1. The SMILES string of the molecule is COc1ccc2c(c1)OC(C)C1=C2CCC2(C)C(=O)CC=C12. The Morgan fingerprint density at radius 3 is 2.95 bits per heavy atom. The lowest BCUT2D eigenvalue weighted by Crippen LogP contribution is -2.35. The number of carbonyl (C=O) groups excluding carboxylic acids is 1. The first-order valence-electron chi connectivity index (χ1n) is 7.87. The van der Waals surface area contributed by atoms with E-state index >= 15 is 0 Å². The largest absolute Gasteiger partial charge is 0.497 e. The highest BCUT2D eigenvalue weighted by molar-refractivity contribution is 5.97. The molecule has 0 N–H and O–H groups in total. The average Bonchev–Trinajstić information content (AvgIpc) is 2.82. The lowest BCUT2D eigenvalue weighted by atomic mass is 9.67. The third-order valence-corrected chi connectivity index (χ3v) is 5.42. The Bertz CT molecular complexity index is 741. The topological polar surface area (TPSA) is 35.5 Å². The van der Waals surface area contributed by atoms with Crippen molar-refractivity contribution < 1.29 is 14.3 Å². The summed E-state index contributed by atoms with van der Waals surface area (Å²) in [6.45, 7) is 4.17. The Hall–Kier alpha value is -2.03. The minimum Gasteiger partial charge on any atom is -0.497 e. The van der Waals surface area contributed by atoms with E-state index in [2.05, 4.69) is 26.0 Å². The number of methoxy groups -OCH3 is 1. The van der Waals surface area contributed by atoms with Gasteiger partial charge >= 0.3 is 0 Å². The normalized spacial score (nSPS) is 29.3. The van der Waals surface area contributed by atoms with Crippen LogP contribution >= 0.6 is 0 Å². The fourth-order valence-electron chi connectivity index (χ4n) is 4.12. The Kier molecular flexibility index (Phi) is 2.77. The predicted octanol–water partition coefficient (Wildman–Crippen LogP) is 3.93. The van der Waals surface area contributed by atoms with Gasteiger partial charge in [-0.2, -0.15) is 0 Å². The molecule has 0 amide bonds. The molecule has 2 aliphatic carbocycles. The molecule has 3 nitrogen and oxygen atoms in total. The van der Waals surface area contributed by atoms with Gasteiger partial charge in [0.1, 0.15) is 23.4 Å². The number of ketones is 1. The number of fused-ring (bicyclic) bond motifs is 4. The quantitative estimate of drug-likeness (QED) is 0.787. The standard InChI is InChI=1S/C19H20O3/c1-11-18-14(8-9-19(2)15(18)6-7-17(19)20)13-5-4-12(21-3)10-16(13)22-11/h4-6,10-11H,7-9H2,1-3H3. The third-order valence-electron chi connectivity index (χ3n) is 5.42. The molecule has 114 valence electrons. The van der Waals surface area contributed by atoms with Crippen LogP contribution < -0.4 is 9.47 Å². The Labute approximate surface area is 130 Å². The van der Waals surface area contributed by atoms with Gasteiger partial charge in [-0.1, -0.05) is 6.08 Å². The zero-order valence-electron chi connectivity index (χ0n) is 13.2. The maximum absolute atomic E-state index is 12.3. The summed E-state index contributed by atoms with van der Waals surface area (Å²) in [7, 11) is 1.67. The maximum Gasteiger partial charge on any atom is 0.146 e. The van der Waals surface area contributed by atoms with Gasteiger partial charge in [0.15, 0.2) is 0 Å². The van der Waals surface area contributed by atoms with Crippen LogP contribution in [0.4, 0.5) is 0 Å². The number of Topliss-reactive ketones (excluding diaryl/α,β-unsaturated/α-hetero) is 1. The number of allylic oxidation sites excluding steroid dienone is 2.